The number of aryl methyl sites for hydroxylation is 1. The standard InChI is InChI=1S/C17H18N2O4/c1-11-7-8-13(9-16(11)19(21)22)10-18-15-6-4-5-14(12(15)2)17(20)23-3/h4-9,18H,10H2,1-3H3. The molecule has 120 valence electrons. The molecule has 0 aliphatic rings. The zero-order valence-corrected chi connectivity index (χ0v) is 13.3. The van der Waals surface area contributed by atoms with Gasteiger partial charge in [-0.1, -0.05) is 18.2 Å². The minimum Gasteiger partial charge on any atom is -0.465 e. The lowest BCUT2D eigenvalue weighted by molar-refractivity contribution is -0.385. The molecule has 0 fully saturated rings. The van der Waals surface area contributed by atoms with Crippen LogP contribution in [-0.4, -0.2) is 18.0 Å². The predicted molar refractivity (Wildman–Crippen MR) is 87.7 cm³/mol. The van der Waals surface area contributed by atoms with Crippen LogP contribution in [0.4, 0.5) is 11.4 Å². The van der Waals surface area contributed by atoms with Crippen molar-refractivity contribution in [1.29, 1.82) is 0 Å². The fourth-order valence-corrected chi connectivity index (χ4v) is 2.32. The first kappa shape index (κ1) is 16.5. The molecule has 0 heterocycles. The van der Waals surface area contributed by atoms with Gasteiger partial charge in [-0.15, -0.1) is 0 Å². The molecule has 0 unspecified atom stereocenters. The number of anilines is 1. The quantitative estimate of drug-likeness (QED) is 0.518. The molecular weight excluding hydrogens is 296 g/mol. The number of rotatable bonds is 5. The van der Waals surface area contributed by atoms with Crippen LogP contribution in [0.25, 0.3) is 0 Å². The van der Waals surface area contributed by atoms with E-state index in [1.807, 2.05) is 19.1 Å². The first-order valence-corrected chi connectivity index (χ1v) is 7.09. The van der Waals surface area contributed by atoms with Crippen molar-refractivity contribution < 1.29 is 14.5 Å². The average molecular weight is 314 g/mol. The van der Waals surface area contributed by atoms with Crippen molar-refractivity contribution in [3.05, 3.63) is 68.8 Å². The van der Waals surface area contributed by atoms with Crippen molar-refractivity contribution in [2.45, 2.75) is 20.4 Å². The van der Waals surface area contributed by atoms with Gasteiger partial charge in [-0.25, -0.2) is 4.79 Å². The molecule has 0 spiro atoms. The third-order valence-corrected chi connectivity index (χ3v) is 3.69. The summed E-state index contributed by atoms with van der Waals surface area (Å²) in [5.74, 6) is -0.392. The van der Waals surface area contributed by atoms with Crippen LogP contribution in [0.5, 0.6) is 0 Å². The van der Waals surface area contributed by atoms with Crippen LogP contribution in [-0.2, 0) is 11.3 Å². The molecule has 2 aromatic rings. The topological polar surface area (TPSA) is 81.5 Å². The lowest BCUT2D eigenvalue weighted by Crippen LogP contribution is -2.07. The van der Waals surface area contributed by atoms with E-state index in [0.717, 1.165) is 16.8 Å². The van der Waals surface area contributed by atoms with Gasteiger partial charge in [0, 0.05) is 23.9 Å². The van der Waals surface area contributed by atoms with E-state index >= 15 is 0 Å². The summed E-state index contributed by atoms with van der Waals surface area (Å²) in [5, 5.41) is 14.2. The fraction of sp³-hybridized carbons (Fsp3) is 0.235. The van der Waals surface area contributed by atoms with Crippen LogP contribution in [0, 0.1) is 24.0 Å². The summed E-state index contributed by atoms with van der Waals surface area (Å²) in [6.07, 6.45) is 0. The Morgan fingerprint density at radius 3 is 2.65 bits per heavy atom. The van der Waals surface area contributed by atoms with Crippen LogP contribution in [0.1, 0.15) is 27.0 Å². The monoisotopic (exact) mass is 314 g/mol. The van der Waals surface area contributed by atoms with Crippen LogP contribution in [0.3, 0.4) is 0 Å². The normalized spacial score (nSPS) is 10.2. The first-order chi connectivity index (χ1) is 10.9. The second-order valence-corrected chi connectivity index (χ2v) is 5.20. The Kier molecular flexibility index (Phi) is 4.95. The van der Waals surface area contributed by atoms with Gasteiger partial charge in [-0.2, -0.15) is 0 Å². The maximum absolute atomic E-state index is 11.7. The van der Waals surface area contributed by atoms with E-state index in [1.165, 1.54) is 7.11 Å². The van der Waals surface area contributed by atoms with E-state index in [1.54, 1.807) is 31.2 Å². The molecule has 0 saturated carbocycles. The summed E-state index contributed by atoms with van der Waals surface area (Å²) in [6, 6.07) is 10.4. The van der Waals surface area contributed by atoms with Crippen molar-refractivity contribution in [2.75, 3.05) is 12.4 Å². The summed E-state index contributed by atoms with van der Waals surface area (Å²) < 4.78 is 4.75. The van der Waals surface area contributed by atoms with Gasteiger partial charge in [-0.05, 0) is 37.1 Å². The molecule has 6 heteroatoms. The molecule has 2 aromatic carbocycles. The van der Waals surface area contributed by atoms with Crippen molar-refractivity contribution in [3.63, 3.8) is 0 Å². The smallest absolute Gasteiger partial charge is 0.338 e. The summed E-state index contributed by atoms with van der Waals surface area (Å²) in [4.78, 5) is 22.3. The van der Waals surface area contributed by atoms with E-state index in [2.05, 4.69) is 5.32 Å². The second kappa shape index (κ2) is 6.91. The summed E-state index contributed by atoms with van der Waals surface area (Å²) >= 11 is 0. The molecule has 0 saturated heterocycles. The van der Waals surface area contributed by atoms with Crippen molar-refractivity contribution >= 4 is 17.3 Å². The minimum absolute atomic E-state index is 0.101. The van der Waals surface area contributed by atoms with E-state index in [4.69, 9.17) is 4.74 Å². The zero-order valence-electron chi connectivity index (χ0n) is 13.3. The number of esters is 1. The van der Waals surface area contributed by atoms with Gasteiger partial charge < -0.3 is 10.1 Å². The van der Waals surface area contributed by atoms with Gasteiger partial charge in [0.2, 0.25) is 0 Å². The van der Waals surface area contributed by atoms with Gasteiger partial charge >= 0.3 is 5.97 Å². The number of nitro groups is 1. The van der Waals surface area contributed by atoms with Crippen molar-refractivity contribution in [1.82, 2.24) is 0 Å². The van der Waals surface area contributed by atoms with Crippen molar-refractivity contribution in [2.24, 2.45) is 0 Å². The Balaban J connectivity index is 2.20. The predicted octanol–water partition coefficient (Wildman–Crippen LogP) is 3.61. The molecular formula is C17H18N2O4. The molecule has 1 N–H and O–H groups in total. The molecule has 0 bridgehead atoms. The number of nitro benzene ring substituents is 1. The molecule has 0 amide bonds. The first-order valence-electron chi connectivity index (χ1n) is 7.09. The van der Waals surface area contributed by atoms with E-state index in [0.29, 0.717) is 17.7 Å². The highest BCUT2D eigenvalue weighted by molar-refractivity contribution is 5.92. The van der Waals surface area contributed by atoms with Gasteiger partial charge in [0.25, 0.3) is 5.69 Å². The fourth-order valence-electron chi connectivity index (χ4n) is 2.32. The Morgan fingerprint density at radius 2 is 2.00 bits per heavy atom. The lowest BCUT2D eigenvalue weighted by Gasteiger charge is -2.12. The van der Waals surface area contributed by atoms with Gasteiger partial charge in [0.05, 0.1) is 17.6 Å². The number of ether oxygens (including phenoxy) is 1. The molecule has 0 aliphatic heterocycles. The van der Waals surface area contributed by atoms with Gasteiger partial charge in [0.15, 0.2) is 0 Å². The second-order valence-electron chi connectivity index (χ2n) is 5.20. The average Bonchev–Trinajstić information content (AvgIpc) is 2.54. The van der Waals surface area contributed by atoms with Crippen molar-refractivity contribution in [3.8, 4) is 0 Å². The van der Waals surface area contributed by atoms with Gasteiger partial charge in [-0.3, -0.25) is 10.1 Å². The Hall–Kier alpha value is -2.89. The lowest BCUT2D eigenvalue weighted by atomic mass is 10.1. The molecule has 6 nitrogen and oxygen atoms in total. The number of carbonyl (C=O) groups excluding carboxylic acids is 1. The molecule has 0 aromatic heterocycles. The van der Waals surface area contributed by atoms with Crippen LogP contribution in [0.15, 0.2) is 36.4 Å². The van der Waals surface area contributed by atoms with Crippen LogP contribution < -0.4 is 5.32 Å². The third kappa shape index (κ3) is 3.66. The van der Waals surface area contributed by atoms with Crippen LogP contribution >= 0.6 is 0 Å². The number of benzene rings is 2. The summed E-state index contributed by atoms with van der Waals surface area (Å²) in [5.41, 5.74) is 3.58. The van der Waals surface area contributed by atoms with Crippen LogP contribution in [0.2, 0.25) is 0 Å². The number of hydrogen-bond acceptors (Lipinski definition) is 5. The highest BCUT2D eigenvalue weighted by Gasteiger charge is 2.13. The number of hydrogen-bond donors (Lipinski definition) is 1. The highest BCUT2D eigenvalue weighted by Crippen LogP contribution is 2.23. The molecule has 2 rings (SSSR count). The molecule has 0 atom stereocenters. The highest BCUT2D eigenvalue weighted by atomic mass is 16.6. The number of methoxy groups -OCH3 is 1. The van der Waals surface area contributed by atoms with Gasteiger partial charge in [0.1, 0.15) is 0 Å². The molecule has 0 radical (unpaired) electrons. The third-order valence-electron chi connectivity index (χ3n) is 3.69. The SMILES string of the molecule is COC(=O)c1cccc(NCc2ccc(C)c([N+](=O)[O-])c2)c1C. The largest absolute Gasteiger partial charge is 0.465 e. The summed E-state index contributed by atoms with van der Waals surface area (Å²) in [6.45, 7) is 3.96. The Morgan fingerprint density at radius 1 is 1.26 bits per heavy atom. The maximum Gasteiger partial charge on any atom is 0.338 e. The number of nitrogens with zero attached hydrogens (tertiary/aromatic N) is 1. The summed E-state index contributed by atoms with van der Waals surface area (Å²) in [7, 11) is 1.34. The van der Waals surface area contributed by atoms with E-state index < -0.39 is 5.97 Å². The number of carbonyl (C=O) groups is 1. The van der Waals surface area contributed by atoms with E-state index in [-0.39, 0.29) is 10.6 Å². The molecule has 23 heavy (non-hydrogen) atoms. The molecule has 0 aliphatic carbocycles. The Bertz CT molecular complexity index is 756. The Labute approximate surface area is 134 Å². The van der Waals surface area contributed by atoms with E-state index in [9.17, 15) is 14.9 Å². The zero-order chi connectivity index (χ0) is 17.0. The number of nitrogens with one attached hydrogen (secondary N) is 1. The minimum atomic E-state index is -0.392. The maximum atomic E-state index is 11.7.